The van der Waals surface area contributed by atoms with Crippen LogP contribution in [0.5, 0.6) is 5.75 Å². The van der Waals surface area contributed by atoms with E-state index in [-0.39, 0.29) is 36.0 Å². The van der Waals surface area contributed by atoms with Gasteiger partial charge in [0.1, 0.15) is 23.5 Å². The molecule has 6 heteroatoms. The van der Waals surface area contributed by atoms with Gasteiger partial charge in [-0.2, -0.15) is 0 Å². The fourth-order valence-electron chi connectivity index (χ4n) is 3.24. The van der Waals surface area contributed by atoms with Gasteiger partial charge in [-0.1, -0.05) is 6.07 Å². The van der Waals surface area contributed by atoms with Crippen molar-refractivity contribution in [3.8, 4) is 16.9 Å². The largest absolute Gasteiger partial charge is 0.487 e. The van der Waals surface area contributed by atoms with E-state index in [1.54, 1.807) is 31.2 Å². The number of carbonyl (C=O) groups excluding carboxylic acids is 1. The Morgan fingerprint density at radius 1 is 1.22 bits per heavy atom. The van der Waals surface area contributed by atoms with Crippen molar-refractivity contribution in [3.05, 3.63) is 77.2 Å². The summed E-state index contributed by atoms with van der Waals surface area (Å²) < 4.78 is 38.7. The van der Waals surface area contributed by atoms with E-state index < -0.39 is 0 Å². The normalized spacial score (nSPS) is 15.3. The Balaban J connectivity index is 1.55. The molecule has 1 aliphatic rings. The molecule has 0 bridgehead atoms. The van der Waals surface area contributed by atoms with Crippen molar-refractivity contribution in [2.45, 2.75) is 19.4 Å². The predicted molar refractivity (Wildman–Crippen MR) is 95.7 cm³/mol. The fourth-order valence-corrected chi connectivity index (χ4v) is 3.24. The van der Waals surface area contributed by atoms with Gasteiger partial charge in [0.15, 0.2) is 5.76 Å². The molecule has 0 spiro atoms. The number of ether oxygens (including phenoxy) is 1. The highest BCUT2D eigenvalue weighted by molar-refractivity contribution is 5.91. The minimum Gasteiger partial charge on any atom is -0.487 e. The minimum atomic E-state index is -0.380. The topological polar surface area (TPSA) is 51.5 Å². The zero-order chi connectivity index (χ0) is 19.0. The molecule has 0 saturated carbocycles. The maximum atomic E-state index is 14.1. The lowest BCUT2D eigenvalue weighted by Gasteiger charge is -2.13. The second kappa shape index (κ2) is 6.87. The first-order valence-corrected chi connectivity index (χ1v) is 8.58. The molecule has 27 heavy (non-hydrogen) atoms. The van der Waals surface area contributed by atoms with Crippen molar-refractivity contribution in [1.29, 1.82) is 0 Å². The Morgan fingerprint density at radius 3 is 2.81 bits per heavy atom. The zero-order valence-electron chi connectivity index (χ0n) is 14.6. The van der Waals surface area contributed by atoms with Gasteiger partial charge in [-0.05, 0) is 54.4 Å². The van der Waals surface area contributed by atoms with Gasteiger partial charge >= 0.3 is 0 Å². The van der Waals surface area contributed by atoms with Gasteiger partial charge in [0.25, 0.3) is 5.91 Å². The quantitative estimate of drug-likeness (QED) is 0.747. The summed E-state index contributed by atoms with van der Waals surface area (Å²) in [6.07, 6.45) is 1.58. The number of aryl methyl sites for hydroxylation is 1. The number of furan rings is 1. The van der Waals surface area contributed by atoms with Crippen LogP contribution in [0.3, 0.4) is 0 Å². The van der Waals surface area contributed by atoms with Crippen LogP contribution < -0.4 is 10.1 Å². The monoisotopic (exact) mass is 369 g/mol. The van der Waals surface area contributed by atoms with Gasteiger partial charge in [0, 0.05) is 17.5 Å². The predicted octanol–water partition coefficient (Wildman–Crippen LogP) is 4.27. The number of fused-ring (bicyclic) bond motifs is 1. The molecule has 4 nitrogen and oxygen atoms in total. The second-order valence-electron chi connectivity index (χ2n) is 6.54. The molecule has 0 radical (unpaired) electrons. The van der Waals surface area contributed by atoms with E-state index in [0.717, 1.165) is 5.56 Å². The second-order valence-corrected chi connectivity index (χ2v) is 6.54. The Morgan fingerprint density at radius 2 is 2.07 bits per heavy atom. The molecule has 0 unspecified atom stereocenters. The number of amides is 1. The van der Waals surface area contributed by atoms with Crippen LogP contribution >= 0.6 is 0 Å². The third-order valence-corrected chi connectivity index (χ3v) is 4.57. The van der Waals surface area contributed by atoms with Gasteiger partial charge in [0.2, 0.25) is 0 Å². The van der Waals surface area contributed by atoms with E-state index in [2.05, 4.69) is 5.32 Å². The summed E-state index contributed by atoms with van der Waals surface area (Å²) in [5.41, 5.74) is 2.47. The van der Waals surface area contributed by atoms with Crippen molar-refractivity contribution in [3.63, 3.8) is 0 Å². The molecule has 1 atom stereocenters. The summed E-state index contributed by atoms with van der Waals surface area (Å²) in [6, 6.07) is 10.7. The molecule has 0 saturated heterocycles. The Bertz CT molecular complexity index is 999. The molecule has 2 heterocycles. The highest BCUT2D eigenvalue weighted by Crippen LogP contribution is 2.40. The molecule has 0 aliphatic carbocycles. The third-order valence-electron chi connectivity index (χ3n) is 4.57. The molecule has 1 aromatic heterocycles. The molecule has 4 rings (SSSR count). The highest BCUT2D eigenvalue weighted by atomic mass is 19.1. The van der Waals surface area contributed by atoms with E-state index in [9.17, 15) is 13.6 Å². The maximum absolute atomic E-state index is 14.1. The molecule has 0 fully saturated rings. The summed E-state index contributed by atoms with van der Waals surface area (Å²) in [6.45, 7) is 1.92. The van der Waals surface area contributed by atoms with Crippen molar-refractivity contribution < 1.29 is 22.7 Å². The van der Waals surface area contributed by atoms with Crippen molar-refractivity contribution in [1.82, 2.24) is 5.32 Å². The molecule has 138 valence electrons. The molecular formula is C21H17F2NO3. The lowest BCUT2D eigenvalue weighted by molar-refractivity contribution is 0.0906. The molecule has 2 aromatic carbocycles. The molecule has 1 N–H and O–H groups in total. The number of hydrogen-bond acceptors (Lipinski definition) is 3. The van der Waals surface area contributed by atoms with Crippen molar-refractivity contribution in [2.24, 2.45) is 0 Å². The van der Waals surface area contributed by atoms with Gasteiger partial charge in [-0.3, -0.25) is 4.79 Å². The van der Waals surface area contributed by atoms with Gasteiger partial charge in [-0.25, -0.2) is 8.78 Å². The summed E-state index contributed by atoms with van der Waals surface area (Å²) >= 11 is 0. The van der Waals surface area contributed by atoms with Crippen LogP contribution in [0.1, 0.15) is 21.7 Å². The lowest BCUT2D eigenvalue weighted by atomic mass is 9.99. The fraction of sp³-hybridized carbons (Fsp3) is 0.190. The average molecular weight is 369 g/mol. The van der Waals surface area contributed by atoms with Gasteiger partial charge < -0.3 is 14.5 Å². The zero-order valence-corrected chi connectivity index (χ0v) is 14.6. The van der Waals surface area contributed by atoms with E-state index in [1.165, 1.54) is 24.5 Å². The first kappa shape index (κ1) is 17.3. The van der Waals surface area contributed by atoms with Crippen LogP contribution in [0.25, 0.3) is 11.1 Å². The average Bonchev–Trinajstić information content (AvgIpc) is 3.31. The summed E-state index contributed by atoms with van der Waals surface area (Å²) in [7, 11) is 0. The Kier molecular flexibility index (Phi) is 4.39. The Hall–Kier alpha value is -3.15. The Labute approximate surface area is 154 Å². The molecule has 3 aromatic rings. The van der Waals surface area contributed by atoms with Crippen LogP contribution in [0, 0.1) is 18.6 Å². The highest BCUT2D eigenvalue weighted by Gasteiger charge is 2.27. The number of halogens is 2. The van der Waals surface area contributed by atoms with Crippen LogP contribution in [-0.4, -0.2) is 18.6 Å². The number of rotatable bonds is 4. The number of hydrogen-bond donors (Lipinski definition) is 1. The summed E-state index contributed by atoms with van der Waals surface area (Å²) in [4.78, 5) is 12.0. The summed E-state index contributed by atoms with van der Waals surface area (Å²) in [5.74, 6) is -0.236. The number of carbonyl (C=O) groups is 1. The van der Waals surface area contributed by atoms with Crippen LogP contribution in [-0.2, 0) is 6.42 Å². The standard InChI is InChI=1S/C21H17F2NO3/c1-12-7-13(4-5-18(12)23)17-10-15(22)8-14-9-16(27-20(14)17)11-24-21(25)19-3-2-6-26-19/h2-8,10,16H,9,11H2,1H3,(H,24,25)/t16-/m0/s1. The van der Waals surface area contributed by atoms with E-state index in [0.29, 0.717) is 28.9 Å². The maximum Gasteiger partial charge on any atom is 0.287 e. The minimum absolute atomic E-state index is 0.221. The smallest absolute Gasteiger partial charge is 0.287 e. The number of benzene rings is 2. The molecule has 1 aliphatic heterocycles. The summed E-state index contributed by atoms with van der Waals surface area (Å²) in [5, 5.41) is 2.75. The van der Waals surface area contributed by atoms with E-state index in [4.69, 9.17) is 9.15 Å². The van der Waals surface area contributed by atoms with Crippen LogP contribution in [0.4, 0.5) is 8.78 Å². The third kappa shape index (κ3) is 3.43. The first-order valence-electron chi connectivity index (χ1n) is 8.58. The van der Waals surface area contributed by atoms with E-state index in [1.807, 2.05) is 0 Å². The lowest BCUT2D eigenvalue weighted by Crippen LogP contribution is -2.34. The van der Waals surface area contributed by atoms with Crippen LogP contribution in [0.15, 0.2) is 53.1 Å². The van der Waals surface area contributed by atoms with Crippen LogP contribution in [0.2, 0.25) is 0 Å². The number of nitrogens with one attached hydrogen (secondary N) is 1. The van der Waals surface area contributed by atoms with Gasteiger partial charge in [-0.15, -0.1) is 0 Å². The van der Waals surface area contributed by atoms with Crippen molar-refractivity contribution >= 4 is 5.91 Å². The SMILES string of the molecule is Cc1cc(-c2cc(F)cc3c2O[C@H](CNC(=O)c2ccco2)C3)ccc1F. The molecule has 1 amide bonds. The first-order chi connectivity index (χ1) is 13.0. The van der Waals surface area contributed by atoms with E-state index >= 15 is 0 Å². The van der Waals surface area contributed by atoms with Crippen molar-refractivity contribution in [2.75, 3.05) is 6.54 Å². The molecular weight excluding hydrogens is 352 g/mol. The van der Waals surface area contributed by atoms with Gasteiger partial charge in [0.05, 0.1) is 12.8 Å².